The van der Waals surface area contributed by atoms with Crippen molar-refractivity contribution in [3.05, 3.63) is 40.0 Å². The second-order valence-corrected chi connectivity index (χ2v) is 7.53. The van der Waals surface area contributed by atoms with Crippen molar-refractivity contribution in [2.75, 3.05) is 5.32 Å². The molecule has 26 heavy (non-hydrogen) atoms. The third-order valence-electron chi connectivity index (χ3n) is 3.86. The molecule has 9 heteroatoms. The number of hydrogen-bond donors (Lipinski definition) is 1. The standard InChI is InChI=1S/C17H18N4O3S2/c1-9-14(10(2)21(4)20-9)19-15(22)11(3)24-17(23)12-8-26-16(18-12)13-6-5-7-25-13/h5-8,11H,1-4H3,(H,19,22)/t11-/m1/s1. The van der Waals surface area contributed by atoms with E-state index in [9.17, 15) is 9.59 Å². The van der Waals surface area contributed by atoms with Crippen LogP contribution in [0.1, 0.15) is 28.8 Å². The van der Waals surface area contributed by atoms with E-state index in [4.69, 9.17) is 4.74 Å². The Morgan fingerprint density at radius 2 is 2.08 bits per heavy atom. The van der Waals surface area contributed by atoms with E-state index in [1.54, 1.807) is 35.4 Å². The Kier molecular flexibility index (Phi) is 5.19. The highest BCUT2D eigenvalue weighted by atomic mass is 32.1. The summed E-state index contributed by atoms with van der Waals surface area (Å²) in [5.74, 6) is -1.03. The highest BCUT2D eigenvalue weighted by Crippen LogP contribution is 2.28. The first-order valence-corrected chi connectivity index (χ1v) is 9.64. The Morgan fingerprint density at radius 3 is 2.69 bits per heavy atom. The number of aryl methyl sites for hydroxylation is 2. The molecular weight excluding hydrogens is 372 g/mol. The maximum Gasteiger partial charge on any atom is 0.358 e. The summed E-state index contributed by atoms with van der Waals surface area (Å²) >= 11 is 2.92. The molecule has 0 unspecified atom stereocenters. The first-order valence-electron chi connectivity index (χ1n) is 7.88. The molecule has 1 amide bonds. The van der Waals surface area contributed by atoms with E-state index < -0.39 is 18.0 Å². The lowest BCUT2D eigenvalue weighted by atomic mass is 10.3. The molecule has 0 aromatic carbocycles. The number of amides is 1. The molecule has 7 nitrogen and oxygen atoms in total. The van der Waals surface area contributed by atoms with Crippen molar-refractivity contribution in [2.24, 2.45) is 7.05 Å². The Balaban J connectivity index is 1.64. The molecule has 1 N–H and O–H groups in total. The Hall–Kier alpha value is -2.52. The van der Waals surface area contributed by atoms with Crippen LogP contribution >= 0.6 is 22.7 Å². The highest BCUT2D eigenvalue weighted by molar-refractivity contribution is 7.20. The van der Waals surface area contributed by atoms with Crippen molar-refractivity contribution in [1.82, 2.24) is 14.8 Å². The molecule has 3 aromatic rings. The van der Waals surface area contributed by atoms with Crippen molar-refractivity contribution in [3.8, 4) is 9.88 Å². The lowest BCUT2D eigenvalue weighted by Gasteiger charge is -2.13. The summed E-state index contributed by atoms with van der Waals surface area (Å²) in [7, 11) is 1.80. The fraction of sp³-hybridized carbons (Fsp3) is 0.294. The first-order chi connectivity index (χ1) is 12.4. The molecule has 0 bridgehead atoms. The molecule has 0 aliphatic rings. The number of thiophene rings is 1. The van der Waals surface area contributed by atoms with Crippen LogP contribution in [0.25, 0.3) is 9.88 Å². The molecule has 0 radical (unpaired) electrons. The Bertz CT molecular complexity index is 944. The SMILES string of the molecule is Cc1nn(C)c(C)c1NC(=O)[C@@H](C)OC(=O)c1csc(-c2cccs2)n1. The minimum atomic E-state index is -0.951. The summed E-state index contributed by atoms with van der Waals surface area (Å²) < 4.78 is 6.94. The molecular formula is C17H18N4O3S2. The average molecular weight is 390 g/mol. The molecule has 136 valence electrons. The van der Waals surface area contributed by atoms with Crippen LogP contribution in [-0.2, 0) is 16.6 Å². The lowest BCUT2D eigenvalue weighted by molar-refractivity contribution is -0.123. The van der Waals surface area contributed by atoms with Gasteiger partial charge in [-0.15, -0.1) is 22.7 Å². The molecule has 0 saturated heterocycles. The van der Waals surface area contributed by atoms with Gasteiger partial charge in [-0.25, -0.2) is 9.78 Å². The zero-order valence-electron chi connectivity index (χ0n) is 14.8. The quantitative estimate of drug-likeness (QED) is 0.675. The van der Waals surface area contributed by atoms with Crippen LogP contribution in [0.5, 0.6) is 0 Å². The number of carbonyl (C=O) groups excluding carboxylic acids is 2. The van der Waals surface area contributed by atoms with Crippen LogP contribution in [0.4, 0.5) is 5.69 Å². The van der Waals surface area contributed by atoms with Gasteiger partial charge in [0.05, 0.1) is 22.0 Å². The molecule has 0 aliphatic carbocycles. The fourth-order valence-corrected chi connectivity index (χ4v) is 3.94. The summed E-state index contributed by atoms with van der Waals surface area (Å²) in [6.45, 7) is 5.19. The Labute approximate surface area is 158 Å². The van der Waals surface area contributed by atoms with Crippen LogP contribution in [0.15, 0.2) is 22.9 Å². The van der Waals surface area contributed by atoms with Crippen LogP contribution in [-0.4, -0.2) is 32.7 Å². The zero-order chi connectivity index (χ0) is 18.8. The monoisotopic (exact) mass is 390 g/mol. The van der Waals surface area contributed by atoms with Crippen LogP contribution in [0, 0.1) is 13.8 Å². The van der Waals surface area contributed by atoms with Gasteiger partial charge in [0.15, 0.2) is 11.8 Å². The zero-order valence-corrected chi connectivity index (χ0v) is 16.4. The van der Waals surface area contributed by atoms with Crippen molar-refractivity contribution >= 4 is 40.2 Å². The molecule has 3 rings (SSSR count). The van der Waals surface area contributed by atoms with E-state index in [0.29, 0.717) is 11.4 Å². The number of hydrogen-bond acceptors (Lipinski definition) is 7. The lowest BCUT2D eigenvalue weighted by Crippen LogP contribution is -2.30. The van der Waals surface area contributed by atoms with Gasteiger partial charge >= 0.3 is 5.97 Å². The van der Waals surface area contributed by atoms with Crippen molar-refractivity contribution in [3.63, 3.8) is 0 Å². The van der Waals surface area contributed by atoms with Crippen LogP contribution in [0.2, 0.25) is 0 Å². The second kappa shape index (κ2) is 7.38. The molecule has 0 spiro atoms. The third kappa shape index (κ3) is 3.68. The maximum absolute atomic E-state index is 12.3. The summed E-state index contributed by atoms with van der Waals surface area (Å²) in [5.41, 5.74) is 2.37. The van der Waals surface area contributed by atoms with Crippen LogP contribution < -0.4 is 5.32 Å². The number of thiazole rings is 1. The van der Waals surface area contributed by atoms with Gasteiger partial charge in [0, 0.05) is 12.4 Å². The minimum Gasteiger partial charge on any atom is -0.448 e. The van der Waals surface area contributed by atoms with Gasteiger partial charge in [0.25, 0.3) is 5.91 Å². The van der Waals surface area contributed by atoms with E-state index in [-0.39, 0.29) is 5.69 Å². The number of ether oxygens (including phenoxy) is 1. The number of aromatic nitrogens is 3. The van der Waals surface area contributed by atoms with E-state index >= 15 is 0 Å². The van der Waals surface area contributed by atoms with Crippen molar-refractivity contribution in [1.29, 1.82) is 0 Å². The number of esters is 1. The second-order valence-electron chi connectivity index (χ2n) is 5.72. The fourth-order valence-electron chi connectivity index (χ4n) is 2.33. The summed E-state index contributed by atoms with van der Waals surface area (Å²) in [6.07, 6.45) is -0.951. The number of nitrogens with one attached hydrogen (secondary N) is 1. The van der Waals surface area contributed by atoms with E-state index in [2.05, 4.69) is 15.4 Å². The van der Waals surface area contributed by atoms with Gasteiger partial charge in [-0.05, 0) is 32.2 Å². The summed E-state index contributed by atoms with van der Waals surface area (Å²) in [5, 5.41) is 11.4. The normalized spacial score (nSPS) is 12.0. The van der Waals surface area contributed by atoms with Crippen molar-refractivity contribution in [2.45, 2.75) is 26.9 Å². The van der Waals surface area contributed by atoms with Gasteiger partial charge in [-0.1, -0.05) is 6.07 Å². The summed E-state index contributed by atoms with van der Waals surface area (Å²) in [4.78, 5) is 29.9. The molecule has 0 saturated carbocycles. The summed E-state index contributed by atoms with van der Waals surface area (Å²) in [6, 6.07) is 3.86. The third-order valence-corrected chi connectivity index (χ3v) is 5.74. The van der Waals surface area contributed by atoms with Crippen LogP contribution in [0.3, 0.4) is 0 Å². The maximum atomic E-state index is 12.3. The molecule has 0 aliphatic heterocycles. The van der Waals surface area contributed by atoms with E-state index in [0.717, 1.165) is 15.6 Å². The van der Waals surface area contributed by atoms with Gasteiger partial charge in [0.2, 0.25) is 0 Å². The molecule has 0 fully saturated rings. The molecule has 1 atom stereocenters. The number of anilines is 1. The first kappa shape index (κ1) is 18.3. The largest absolute Gasteiger partial charge is 0.448 e. The number of rotatable bonds is 5. The van der Waals surface area contributed by atoms with Gasteiger partial charge in [0.1, 0.15) is 5.01 Å². The highest BCUT2D eigenvalue weighted by Gasteiger charge is 2.23. The van der Waals surface area contributed by atoms with Gasteiger partial charge in [-0.2, -0.15) is 5.10 Å². The molecule has 3 aromatic heterocycles. The minimum absolute atomic E-state index is 0.201. The van der Waals surface area contributed by atoms with Gasteiger partial charge in [-0.3, -0.25) is 9.48 Å². The topological polar surface area (TPSA) is 86.1 Å². The Morgan fingerprint density at radius 1 is 1.31 bits per heavy atom. The van der Waals surface area contributed by atoms with E-state index in [1.807, 2.05) is 24.4 Å². The molecule has 3 heterocycles. The number of carbonyl (C=O) groups is 2. The smallest absolute Gasteiger partial charge is 0.358 e. The van der Waals surface area contributed by atoms with Crippen molar-refractivity contribution < 1.29 is 14.3 Å². The average Bonchev–Trinajstić information content (AvgIpc) is 3.32. The van der Waals surface area contributed by atoms with Gasteiger partial charge < -0.3 is 10.1 Å². The predicted octanol–water partition coefficient (Wildman–Crippen LogP) is 3.41. The predicted molar refractivity (Wildman–Crippen MR) is 102 cm³/mol. The van der Waals surface area contributed by atoms with E-state index in [1.165, 1.54) is 18.3 Å². The number of nitrogens with zero attached hydrogens (tertiary/aromatic N) is 3.